The number of phenols is 2. The summed E-state index contributed by atoms with van der Waals surface area (Å²) in [7, 11) is 0. The molecule has 0 bridgehead atoms. The van der Waals surface area contributed by atoms with Gasteiger partial charge in [-0.15, -0.1) is 0 Å². The number of aromatic hydroxyl groups is 2. The third-order valence-electron chi connectivity index (χ3n) is 4.38. The maximum atomic E-state index is 10.1. The van der Waals surface area contributed by atoms with Crippen molar-refractivity contribution in [2.75, 3.05) is 6.61 Å². The fourth-order valence-electron chi connectivity index (χ4n) is 2.85. The van der Waals surface area contributed by atoms with Gasteiger partial charge in [0.05, 0.1) is 6.61 Å². The van der Waals surface area contributed by atoms with Crippen LogP contribution in [0.4, 0.5) is 0 Å². The highest BCUT2D eigenvalue weighted by Gasteiger charge is 2.44. The second kappa shape index (κ2) is 8.59. The molecule has 2 aromatic carbocycles. The smallest absolute Gasteiger partial charge is 0.229 e. The van der Waals surface area contributed by atoms with Crippen LogP contribution >= 0.6 is 0 Å². The van der Waals surface area contributed by atoms with E-state index in [0.29, 0.717) is 5.56 Å². The van der Waals surface area contributed by atoms with Gasteiger partial charge in [-0.3, -0.25) is 0 Å². The predicted octanol–water partition coefficient (Wildman–Crippen LogP) is 0.447. The zero-order valence-electron chi connectivity index (χ0n) is 14.8. The average Bonchev–Trinajstić information content (AvgIpc) is 2.67. The maximum absolute atomic E-state index is 10.1. The molecule has 1 heterocycles. The zero-order valence-corrected chi connectivity index (χ0v) is 14.8. The van der Waals surface area contributed by atoms with Crippen LogP contribution in [0.15, 0.2) is 42.5 Å². The minimum atomic E-state index is -1.55. The second-order valence-corrected chi connectivity index (χ2v) is 6.50. The fraction of sp³-hybridized carbons (Fsp3) is 0.300. The van der Waals surface area contributed by atoms with Gasteiger partial charge in [0.1, 0.15) is 41.7 Å². The van der Waals surface area contributed by atoms with E-state index in [2.05, 4.69) is 0 Å². The van der Waals surface area contributed by atoms with E-state index >= 15 is 0 Å². The lowest BCUT2D eigenvalue weighted by atomic mass is 9.99. The first-order valence-corrected chi connectivity index (χ1v) is 8.65. The van der Waals surface area contributed by atoms with Crippen molar-refractivity contribution in [3.63, 3.8) is 0 Å². The van der Waals surface area contributed by atoms with Crippen molar-refractivity contribution in [1.82, 2.24) is 0 Å². The Morgan fingerprint density at radius 3 is 2.18 bits per heavy atom. The molecule has 0 unspecified atom stereocenters. The van der Waals surface area contributed by atoms with Gasteiger partial charge in [0.15, 0.2) is 0 Å². The Morgan fingerprint density at radius 2 is 1.50 bits per heavy atom. The molecule has 8 heteroatoms. The number of aliphatic hydroxyl groups is 4. The molecule has 0 aliphatic carbocycles. The van der Waals surface area contributed by atoms with E-state index in [4.69, 9.17) is 9.47 Å². The Balaban J connectivity index is 1.76. The SMILES string of the molecule is OC[C@@H]1O[C@H](Oc2cc(O)cc(/C=C/c3ccc(O)cc3)c2)[C@H](O)[C@H](O)[C@@H]1O. The van der Waals surface area contributed by atoms with Gasteiger partial charge in [0.2, 0.25) is 6.29 Å². The summed E-state index contributed by atoms with van der Waals surface area (Å²) in [6.07, 6.45) is -3.52. The van der Waals surface area contributed by atoms with Crippen molar-refractivity contribution < 1.29 is 40.1 Å². The molecule has 0 amide bonds. The van der Waals surface area contributed by atoms with E-state index in [1.165, 1.54) is 12.1 Å². The number of hydrogen-bond acceptors (Lipinski definition) is 8. The number of ether oxygens (including phenoxy) is 2. The predicted molar refractivity (Wildman–Crippen MR) is 99.5 cm³/mol. The second-order valence-electron chi connectivity index (χ2n) is 6.50. The molecule has 28 heavy (non-hydrogen) atoms. The monoisotopic (exact) mass is 390 g/mol. The van der Waals surface area contributed by atoms with E-state index in [0.717, 1.165) is 5.56 Å². The largest absolute Gasteiger partial charge is 0.508 e. The van der Waals surface area contributed by atoms with Crippen molar-refractivity contribution in [3.8, 4) is 17.2 Å². The van der Waals surface area contributed by atoms with Crippen molar-refractivity contribution in [2.45, 2.75) is 30.7 Å². The number of rotatable bonds is 5. The molecule has 6 N–H and O–H groups in total. The molecule has 1 aliphatic heterocycles. The summed E-state index contributed by atoms with van der Waals surface area (Å²) < 4.78 is 10.8. The van der Waals surface area contributed by atoms with Gasteiger partial charge in [-0.2, -0.15) is 0 Å². The highest BCUT2D eigenvalue weighted by atomic mass is 16.7. The summed E-state index contributed by atoms with van der Waals surface area (Å²) in [5, 5.41) is 58.2. The molecular weight excluding hydrogens is 368 g/mol. The standard InChI is InChI=1S/C20H22O8/c21-10-16-17(24)18(25)19(26)20(28-16)27-15-8-12(7-14(23)9-15)2-1-11-3-5-13(22)6-4-11/h1-9,16-26H,10H2/b2-1+/t16-,17+,18+,19+,20-/m0/s1. The summed E-state index contributed by atoms with van der Waals surface area (Å²) in [6.45, 7) is -0.564. The molecule has 0 saturated carbocycles. The van der Waals surface area contributed by atoms with E-state index < -0.39 is 37.3 Å². The van der Waals surface area contributed by atoms with Crippen LogP contribution in [0, 0.1) is 0 Å². The molecule has 1 saturated heterocycles. The summed E-state index contributed by atoms with van der Waals surface area (Å²) in [6, 6.07) is 10.9. The molecule has 0 radical (unpaired) electrons. The van der Waals surface area contributed by atoms with Crippen LogP contribution in [0.5, 0.6) is 17.2 Å². The van der Waals surface area contributed by atoms with Crippen LogP contribution < -0.4 is 4.74 Å². The first-order valence-electron chi connectivity index (χ1n) is 8.65. The first-order chi connectivity index (χ1) is 13.4. The molecular formula is C20H22O8. The van der Waals surface area contributed by atoms with Crippen molar-refractivity contribution in [1.29, 1.82) is 0 Å². The van der Waals surface area contributed by atoms with E-state index in [1.54, 1.807) is 42.5 Å². The van der Waals surface area contributed by atoms with E-state index in [-0.39, 0.29) is 17.2 Å². The van der Waals surface area contributed by atoms with Gasteiger partial charge >= 0.3 is 0 Å². The molecule has 3 rings (SSSR count). The Hall–Kier alpha value is -2.62. The number of benzene rings is 2. The van der Waals surface area contributed by atoms with Gasteiger partial charge in [0, 0.05) is 6.07 Å². The molecule has 5 atom stereocenters. The quantitative estimate of drug-likeness (QED) is 0.405. The Labute approximate surface area is 161 Å². The highest BCUT2D eigenvalue weighted by molar-refractivity contribution is 5.71. The van der Waals surface area contributed by atoms with Crippen molar-refractivity contribution >= 4 is 12.2 Å². The number of hydrogen-bond donors (Lipinski definition) is 6. The van der Waals surface area contributed by atoms with Crippen molar-refractivity contribution in [2.24, 2.45) is 0 Å². The lowest BCUT2D eigenvalue weighted by molar-refractivity contribution is -0.277. The molecule has 1 aliphatic rings. The zero-order chi connectivity index (χ0) is 20.3. The van der Waals surface area contributed by atoms with Gasteiger partial charge in [-0.05, 0) is 35.4 Å². The van der Waals surface area contributed by atoms with Crippen molar-refractivity contribution in [3.05, 3.63) is 53.6 Å². The van der Waals surface area contributed by atoms with Gasteiger partial charge in [-0.1, -0.05) is 24.3 Å². The Morgan fingerprint density at radius 1 is 0.821 bits per heavy atom. The van der Waals surface area contributed by atoms with Gasteiger partial charge in [-0.25, -0.2) is 0 Å². The van der Waals surface area contributed by atoms with Crippen LogP contribution in [0.1, 0.15) is 11.1 Å². The molecule has 1 fully saturated rings. The van der Waals surface area contributed by atoms with E-state index in [9.17, 15) is 30.6 Å². The Bertz CT molecular complexity index is 817. The summed E-state index contributed by atoms with van der Waals surface area (Å²) >= 11 is 0. The maximum Gasteiger partial charge on any atom is 0.229 e. The fourth-order valence-corrected chi connectivity index (χ4v) is 2.85. The molecule has 8 nitrogen and oxygen atoms in total. The summed E-state index contributed by atoms with van der Waals surface area (Å²) in [4.78, 5) is 0. The van der Waals surface area contributed by atoms with Crippen LogP contribution in [0.25, 0.3) is 12.2 Å². The first kappa shape index (κ1) is 20.1. The molecule has 2 aromatic rings. The number of phenolic OH excluding ortho intramolecular Hbond substituents is 2. The molecule has 0 aromatic heterocycles. The topological polar surface area (TPSA) is 140 Å². The average molecular weight is 390 g/mol. The molecule has 150 valence electrons. The van der Waals surface area contributed by atoms with Gasteiger partial charge in [0.25, 0.3) is 0 Å². The minimum Gasteiger partial charge on any atom is -0.508 e. The van der Waals surface area contributed by atoms with Crippen LogP contribution in [0.3, 0.4) is 0 Å². The van der Waals surface area contributed by atoms with Crippen LogP contribution in [0.2, 0.25) is 0 Å². The third kappa shape index (κ3) is 4.61. The molecule has 0 spiro atoms. The van der Waals surface area contributed by atoms with Crippen LogP contribution in [-0.2, 0) is 4.74 Å². The minimum absolute atomic E-state index is 0.0903. The lowest BCUT2D eigenvalue weighted by Gasteiger charge is -2.39. The normalized spacial score (nSPS) is 27.8. The highest BCUT2D eigenvalue weighted by Crippen LogP contribution is 2.28. The lowest BCUT2D eigenvalue weighted by Crippen LogP contribution is -2.60. The Kier molecular flexibility index (Phi) is 6.18. The van der Waals surface area contributed by atoms with Crippen LogP contribution in [-0.4, -0.2) is 68.0 Å². The summed E-state index contributed by atoms with van der Waals surface area (Å²) in [5.41, 5.74) is 1.42. The number of aliphatic hydroxyl groups excluding tert-OH is 4. The third-order valence-corrected chi connectivity index (χ3v) is 4.38. The van der Waals surface area contributed by atoms with E-state index in [1.807, 2.05) is 0 Å². The van der Waals surface area contributed by atoms with Gasteiger partial charge < -0.3 is 40.1 Å². The summed E-state index contributed by atoms with van der Waals surface area (Å²) in [5.74, 6) is 0.229.